The number of ether oxygens (including phenoxy) is 1. The van der Waals surface area contributed by atoms with Crippen LogP contribution in [0.25, 0.3) is 0 Å². The third-order valence-electron chi connectivity index (χ3n) is 0.972. The molecular formula is C5H10Cl2F3O4P. The van der Waals surface area contributed by atoms with E-state index in [4.69, 9.17) is 32.3 Å². The minimum absolute atomic E-state index is 0.516. The Morgan fingerprint density at radius 1 is 1.33 bits per heavy atom. The van der Waals surface area contributed by atoms with Crippen molar-refractivity contribution in [2.45, 2.75) is 19.2 Å². The van der Waals surface area contributed by atoms with Gasteiger partial charge < -0.3 is 0 Å². The summed E-state index contributed by atoms with van der Waals surface area (Å²) in [5, 5.41) is 0. The molecule has 10 heteroatoms. The maximum atomic E-state index is 11.6. The molecule has 1 atom stereocenters. The molecule has 0 saturated carbocycles. The van der Waals surface area contributed by atoms with Gasteiger partial charge in [-0.05, 0) is 0 Å². The van der Waals surface area contributed by atoms with E-state index >= 15 is 0 Å². The number of hydrogen-bond donors (Lipinski definition) is 2. The number of rotatable bonds is 5. The van der Waals surface area contributed by atoms with Crippen LogP contribution >= 0.6 is 28.5 Å². The van der Waals surface area contributed by atoms with E-state index in [9.17, 15) is 13.2 Å². The Labute approximate surface area is 93.6 Å². The van der Waals surface area contributed by atoms with Crippen LogP contribution in [0.1, 0.15) is 6.92 Å². The quantitative estimate of drug-likeness (QED) is 0.765. The van der Waals surface area contributed by atoms with Gasteiger partial charge in [0, 0.05) is 0 Å². The summed E-state index contributed by atoms with van der Waals surface area (Å²) in [5.41, 5.74) is 0. The third kappa shape index (κ3) is 12.6. The van der Waals surface area contributed by atoms with Gasteiger partial charge in [-0.1, -0.05) is 0 Å². The molecule has 4 nitrogen and oxygen atoms in total. The second kappa shape index (κ2) is 4.87. The van der Waals surface area contributed by atoms with E-state index in [1.165, 1.54) is 6.92 Å². The fraction of sp³-hybridized carbons (Fsp3) is 1.00. The van der Waals surface area contributed by atoms with E-state index in [0.29, 0.717) is 0 Å². The van der Waals surface area contributed by atoms with Crippen molar-refractivity contribution in [3.05, 3.63) is 0 Å². The molecule has 2 N–H and O–H groups in total. The third-order valence-corrected chi connectivity index (χ3v) is 2.16. The van der Waals surface area contributed by atoms with Gasteiger partial charge in [0.1, 0.15) is 0 Å². The average Bonchev–Trinajstić information content (AvgIpc) is 1.76. The zero-order valence-corrected chi connectivity index (χ0v) is 9.95. The molecule has 0 aliphatic carbocycles. The van der Waals surface area contributed by atoms with Gasteiger partial charge in [0.05, 0.1) is 0 Å². The molecule has 0 radical (unpaired) electrons. The van der Waals surface area contributed by atoms with Gasteiger partial charge >= 0.3 is 93.1 Å². The van der Waals surface area contributed by atoms with Crippen LogP contribution in [0.2, 0.25) is 0 Å². The Balaban J connectivity index is 3.83. The van der Waals surface area contributed by atoms with E-state index in [1.54, 1.807) is 0 Å². The van der Waals surface area contributed by atoms with Crippen LogP contribution in [-0.2, 0) is 9.26 Å². The monoisotopic (exact) mass is 292 g/mol. The van der Waals surface area contributed by atoms with Crippen molar-refractivity contribution < 1.29 is 32.2 Å². The predicted molar refractivity (Wildman–Crippen MR) is 50.5 cm³/mol. The van der Waals surface area contributed by atoms with E-state index < -0.39 is 31.5 Å². The summed E-state index contributed by atoms with van der Waals surface area (Å²) < 4.78 is 43.3. The van der Waals surface area contributed by atoms with Crippen LogP contribution in [0.15, 0.2) is 0 Å². The molecule has 0 aromatic carbocycles. The normalized spacial score (nSPS) is 18.3. The first-order valence-electron chi connectivity index (χ1n) is 3.64. The summed E-state index contributed by atoms with van der Waals surface area (Å²) in [6, 6.07) is 0. The van der Waals surface area contributed by atoms with Gasteiger partial charge in [-0.3, -0.25) is 0 Å². The molecule has 94 valence electrons. The molecule has 0 fully saturated rings. The van der Waals surface area contributed by atoms with E-state index in [2.05, 4.69) is 9.26 Å². The molecule has 0 amide bonds. The van der Waals surface area contributed by atoms with Gasteiger partial charge in [0.25, 0.3) is 0 Å². The summed E-state index contributed by atoms with van der Waals surface area (Å²) >= 11 is 9.92. The van der Waals surface area contributed by atoms with Crippen LogP contribution in [0, 0.1) is 0 Å². The summed E-state index contributed by atoms with van der Waals surface area (Å²) in [7, 11) is 0. The zero-order chi connectivity index (χ0) is 12.4. The molecular weight excluding hydrogens is 283 g/mol. The van der Waals surface area contributed by atoms with Crippen molar-refractivity contribution >= 4 is 28.5 Å². The first-order chi connectivity index (χ1) is 6.35. The van der Waals surface area contributed by atoms with Crippen LogP contribution in [0.5, 0.6) is 0 Å². The molecule has 0 aliphatic heterocycles. The first-order valence-corrected chi connectivity index (χ1v) is 7.51. The minimum atomic E-state index is -5.19. The van der Waals surface area contributed by atoms with Crippen molar-refractivity contribution in [2.24, 2.45) is 0 Å². The fourth-order valence-electron chi connectivity index (χ4n) is 0.668. The molecule has 0 aromatic heterocycles. The van der Waals surface area contributed by atoms with Crippen LogP contribution < -0.4 is 0 Å². The van der Waals surface area contributed by atoms with Crippen LogP contribution in [-0.4, -0.2) is 35.3 Å². The first kappa shape index (κ1) is 15.6. The van der Waals surface area contributed by atoms with Crippen molar-refractivity contribution in [2.75, 3.05) is 13.2 Å². The molecule has 0 heterocycles. The number of halogens is 5. The molecule has 1 unspecified atom stereocenters. The summed E-state index contributed by atoms with van der Waals surface area (Å²) in [4.78, 5) is 17.7. The fourth-order valence-corrected chi connectivity index (χ4v) is 2.14. The van der Waals surface area contributed by atoms with Crippen LogP contribution in [0.4, 0.5) is 13.2 Å². The Bertz CT molecular complexity index is 207. The van der Waals surface area contributed by atoms with Crippen molar-refractivity contribution in [3.63, 3.8) is 0 Å². The van der Waals surface area contributed by atoms with Gasteiger partial charge in [0.15, 0.2) is 0 Å². The van der Waals surface area contributed by atoms with Crippen molar-refractivity contribution in [1.82, 2.24) is 0 Å². The summed E-state index contributed by atoms with van der Waals surface area (Å²) in [6.07, 6.45) is -5.53. The second-order valence-electron chi connectivity index (χ2n) is 2.80. The Morgan fingerprint density at radius 3 is 2.13 bits per heavy atom. The van der Waals surface area contributed by atoms with Crippen molar-refractivity contribution in [1.29, 1.82) is 0 Å². The molecule has 0 rings (SSSR count). The number of hydrogen-bond acceptors (Lipinski definition) is 4. The Morgan fingerprint density at radius 2 is 1.80 bits per heavy atom. The standard InChI is InChI=1S/C5H10Cl2F3O4P/c1-4(14-15(6,7,11)12)2-13-3-5(8,9)10/h4,11-12H,2-3H2,1H3. The summed E-state index contributed by atoms with van der Waals surface area (Å²) in [5.74, 6) is -5.19. The molecule has 0 bridgehead atoms. The van der Waals surface area contributed by atoms with Gasteiger partial charge in [-0.25, -0.2) is 0 Å². The number of alkyl halides is 3. The SMILES string of the molecule is CC(COCC(F)(F)F)OP(O)(O)(Cl)Cl. The Hall–Kier alpha value is 0.640. The van der Waals surface area contributed by atoms with E-state index in [1.807, 2.05) is 0 Å². The van der Waals surface area contributed by atoms with E-state index in [-0.39, 0.29) is 0 Å². The molecule has 0 aromatic rings. The second-order valence-corrected chi connectivity index (χ2v) is 8.70. The van der Waals surface area contributed by atoms with Gasteiger partial charge in [0.2, 0.25) is 0 Å². The zero-order valence-electron chi connectivity index (χ0n) is 7.54. The molecule has 15 heavy (non-hydrogen) atoms. The molecule has 0 aliphatic rings. The topological polar surface area (TPSA) is 58.9 Å². The van der Waals surface area contributed by atoms with Crippen LogP contribution in [0.3, 0.4) is 0 Å². The average molecular weight is 293 g/mol. The maximum absolute atomic E-state index is 11.6. The van der Waals surface area contributed by atoms with Crippen molar-refractivity contribution in [3.8, 4) is 0 Å². The summed E-state index contributed by atoms with van der Waals surface area (Å²) in [6.45, 7) is -0.745. The Kier molecular flexibility index (Phi) is 5.08. The van der Waals surface area contributed by atoms with Gasteiger partial charge in [-0.2, -0.15) is 0 Å². The molecule has 0 spiro atoms. The predicted octanol–water partition coefficient (Wildman–Crippen LogP) is 2.56. The molecule has 0 saturated heterocycles. The van der Waals surface area contributed by atoms with Gasteiger partial charge in [-0.15, -0.1) is 0 Å². The van der Waals surface area contributed by atoms with E-state index in [0.717, 1.165) is 0 Å².